The minimum Gasteiger partial charge on any atom is -0.352 e. The lowest BCUT2D eigenvalue weighted by molar-refractivity contribution is -0.125. The molecule has 0 heterocycles. The molecule has 0 bridgehead atoms. The Balaban J connectivity index is 2.58. The summed E-state index contributed by atoms with van der Waals surface area (Å²) in [5, 5.41) is 0. The van der Waals surface area contributed by atoms with Crippen LogP contribution < -0.4 is 0 Å². The molecule has 0 atom stereocenters. The molecule has 0 N–H and O–H groups in total. The lowest BCUT2D eigenvalue weighted by Gasteiger charge is -2.14. The van der Waals surface area contributed by atoms with Crippen LogP contribution in [-0.4, -0.2) is 44.9 Å². The molecule has 0 aliphatic rings. The Morgan fingerprint density at radius 2 is 1.78 bits per heavy atom. The lowest BCUT2D eigenvalue weighted by Crippen LogP contribution is -2.23. The molecule has 0 aliphatic carbocycles. The van der Waals surface area contributed by atoms with E-state index >= 15 is 0 Å². The second kappa shape index (κ2) is 7.41. The van der Waals surface area contributed by atoms with Gasteiger partial charge in [-0.25, -0.2) is 0 Å². The van der Waals surface area contributed by atoms with Crippen LogP contribution in [0.5, 0.6) is 0 Å². The van der Waals surface area contributed by atoms with Gasteiger partial charge in [0.05, 0.1) is 5.75 Å². The average Bonchev–Trinajstić information content (AvgIpc) is 2.38. The maximum absolute atomic E-state index is 11.4. The zero-order chi connectivity index (χ0) is 13.5. The van der Waals surface area contributed by atoms with Crippen molar-refractivity contribution in [1.82, 2.24) is 4.90 Å². The van der Waals surface area contributed by atoms with Gasteiger partial charge in [-0.3, -0.25) is 4.79 Å². The number of ether oxygens (including phenoxy) is 2. The highest BCUT2D eigenvalue weighted by atomic mass is 32.2. The summed E-state index contributed by atoms with van der Waals surface area (Å²) in [6.45, 7) is 0. The summed E-state index contributed by atoms with van der Waals surface area (Å²) in [6, 6.07) is 7.82. The molecule has 0 spiro atoms. The minimum atomic E-state index is -0.340. The van der Waals surface area contributed by atoms with Crippen molar-refractivity contribution in [3.63, 3.8) is 0 Å². The van der Waals surface area contributed by atoms with E-state index in [0.717, 1.165) is 10.5 Å². The number of methoxy groups -OCH3 is 2. The number of carbonyl (C=O) groups is 1. The number of nitrogens with zero attached hydrogens (tertiary/aromatic N) is 1. The fourth-order valence-corrected chi connectivity index (χ4v) is 2.24. The molecule has 1 rings (SSSR count). The quantitative estimate of drug-likeness (QED) is 0.586. The van der Waals surface area contributed by atoms with Crippen molar-refractivity contribution in [1.29, 1.82) is 0 Å². The SMILES string of the molecule is COC(OC)c1ccc(SCC(=O)N(C)C)cc1. The molecule has 0 saturated carbocycles. The molecule has 0 aromatic heterocycles. The van der Waals surface area contributed by atoms with Crippen molar-refractivity contribution < 1.29 is 14.3 Å². The summed E-state index contributed by atoms with van der Waals surface area (Å²) in [4.78, 5) is 14.1. The smallest absolute Gasteiger partial charge is 0.232 e. The van der Waals surface area contributed by atoms with Crippen LogP contribution in [0.2, 0.25) is 0 Å². The summed E-state index contributed by atoms with van der Waals surface area (Å²) in [5.74, 6) is 0.556. The third kappa shape index (κ3) is 4.33. The van der Waals surface area contributed by atoms with Crippen molar-refractivity contribution >= 4 is 17.7 Å². The molecule has 1 aromatic carbocycles. The molecule has 100 valence electrons. The zero-order valence-electron chi connectivity index (χ0n) is 11.2. The second-order valence-corrected chi connectivity index (χ2v) is 5.00. The van der Waals surface area contributed by atoms with Gasteiger partial charge in [0, 0.05) is 38.8 Å². The summed E-state index contributed by atoms with van der Waals surface area (Å²) < 4.78 is 10.3. The molecule has 0 aliphatic heterocycles. The molecule has 1 aromatic rings. The van der Waals surface area contributed by atoms with Gasteiger partial charge in [0.1, 0.15) is 0 Å². The summed E-state index contributed by atoms with van der Waals surface area (Å²) in [5.41, 5.74) is 0.961. The van der Waals surface area contributed by atoms with Crippen LogP contribution in [0, 0.1) is 0 Å². The number of rotatable bonds is 6. The van der Waals surface area contributed by atoms with E-state index in [1.165, 1.54) is 11.8 Å². The third-order valence-electron chi connectivity index (χ3n) is 2.44. The number of hydrogen-bond donors (Lipinski definition) is 0. The molecule has 4 nitrogen and oxygen atoms in total. The summed E-state index contributed by atoms with van der Waals surface area (Å²) in [6.07, 6.45) is -0.340. The third-order valence-corrected chi connectivity index (χ3v) is 3.44. The highest BCUT2D eigenvalue weighted by molar-refractivity contribution is 8.00. The van der Waals surface area contributed by atoms with Crippen LogP contribution in [-0.2, 0) is 14.3 Å². The van der Waals surface area contributed by atoms with Gasteiger partial charge in [0.2, 0.25) is 5.91 Å². The maximum Gasteiger partial charge on any atom is 0.232 e. The zero-order valence-corrected chi connectivity index (χ0v) is 12.0. The van der Waals surface area contributed by atoms with Gasteiger partial charge < -0.3 is 14.4 Å². The molecular weight excluding hydrogens is 250 g/mol. The normalized spacial score (nSPS) is 10.7. The van der Waals surface area contributed by atoms with Crippen LogP contribution in [0.1, 0.15) is 11.9 Å². The van der Waals surface area contributed by atoms with E-state index in [1.54, 1.807) is 33.2 Å². The Hall–Kier alpha value is -1.04. The fraction of sp³-hybridized carbons (Fsp3) is 0.462. The second-order valence-electron chi connectivity index (χ2n) is 3.95. The molecule has 5 heteroatoms. The Labute approximate surface area is 112 Å². The number of hydrogen-bond acceptors (Lipinski definition) is 4. The van der Waals surface area contributed by atoms with Crippen LogP contribution in [0.15, 0.2) is 29.2 Å². The van der Waals surface area contributed by atoms with Gasteiger partial charge in [0.15, 0.2) is 6.29 Å². The minimum absolute atomic E-state index is 0.107. The van der Waals surface area contributed by atoms with Crippen molar-refractivity contribution in [2.24, 2.45) is 0 Å². The molecule has 0 fully saturated rings. The van der Waals surface area contributed by atoms with Gasteiger partial charge in [0.25, 0.3) is 0 Å². The van der Waals surface area contributed by atoms with Crippen LogP contribution in [0.3, 0.4) is 0 Å². The first kappa shape index (κ1) is 15.0. The number of carbonyl (C=O) groups excluding carboxylic acids is 1. The topological polar surface area (TPSA) is 38.8 Å². The van der Waals surface area contributed by atoms with Gasteiger partial charge in [-0.1, -0.05) is 12.1 Å². The van der Waals surface area contributed by atoms with Crippen molar-refractivity contribution in [2.45, 2.75) is 11.2 Å². The van der Waals surface area contributed by atoms with Gasteiger partial charge >= 0.3 is 0 Å². The first-order valence-corrected chi connectivity index (χ1v) is 6.55. The van der Waals surface area contributed by atoms with Crippen molar-refractivity contribution in [3.8, 4) is 0 Å². The average molecular weight is 269 g/mol. The molecule has 18 heavy (non-hydrogen) atoms. The number of amides is 1. The van der Waals surface area contributed by atoms with Crippen LogP contribution in [0.25, 0.3) is 0 Å². The highest BCUT2D eigenvalue weighted by Gasteiger charge is 2.09. The van der Waals surface area contributed by atoms with E-state index in [1.807, 2.05) is 24.3 Å². The maximum atomic E-state index is 11.4. The first-order valence-electron chi connectivity index (χ1n) is 5.57. The Bertz CT molecular complexity index is 374. The monoisotopic (exact) mass is 269 g/mol. The van der Waals surface area contributed by atoms with E-state index in [0.29, 0.717) is 5.75 Å². The molecule has 1 amide bonds. The Kier molecular flexibility index (Phi) is 6.18. The fourth-order valence-electron chi connectivity index (χ4n) is 1.36. The van der Waals surface area contributed by atoms with E-state index in [4.69, 9.17) is 9.47 Å². The summed E-state index contributed by atoms with van der Waals surface area (Å²) >= 11 is 1.52. The molecule has 0 saturated heterocycles. The van der Waals surface area contributed by atoms with Gasteiger partial charge in [-0.05, 0) is 12.1 Å². The van der Waals surface area contributed by atoms with Crippen molar-refractivity contribution in [2.75, 3.05) is 34.1 Å². The van der Waals surface area contributed by atoms with E-state index < -0.39 is 0 Å². The van der Waals surface area contributed by atoms with Crippen molar-refractivity contribution in [3.05, 3.63) is 29.8 Å². The predicted molar refractivity (Wildman–Crippen MR) is 72.6 cm³/mol. The molecule has 0 unspecified atom stereocenters. The standard InChI is InChI=1S/C13H19NO3S/c1-14(2)12(15)9-18-11-7-5-10(6-8-11)13(16-3)17-4/h5-8,13H,9H2,1-4H3. The van der Waals surface area contributed by atoms with E-state index in [-0.39, 0.29) is 12.2 Å². The largest absolute Gasteiger partial charge is 0.352 e. The van der Waals surface area contributed by atoms with E-state index in [9.17, 15) is 4.79 Å². The first-order chi connectivity index (χ1) is 8.58. The predicted octanol–water partition coefficient (Wildman–Crippen LogP) is 2.16. The van der Waals surface area contributed by atoms with Gasteiger partial charge in [-0.2, -0.15) is 0 Å². The van der Waals surface area contributed by atoms with Crippen LogP contribution in [0.4, 0.5) is 0 Å². The molecule has 0 radical (unpaired) electrons. The summed E-state index contributed by atoms with van der Waals surface area (Å²) in [7, 11) is 6.72. The van der Waals surface area contributed by atoms with Gasteiger partial charge in [-0.15, -0.1) is 11.8 Å². The Morgan fingerprint density at radius 3 is 2.22 bits per heavy atom. The lowest BCUT2D eigenvalue weighted by atomic mass is 10.2. The molecular formula is C13H19NO3S. The number of benzene rings is 1. The number of thioether (sulfide) groups is 1. The van der Waals surface area contributed by atoms with E-state index in [2.05, 4.69) is 0 Å². The Morgan fingerprint density at radius 1 is 1.22 bits per heavy atom. The van der Waals surface area contributed by atoms with Crippen LogP contribution >= 0.6 is 11.8 Å². The highest BCUT2D eigenvalue weighted by Crippen LogP contribution is 2.23.